The third-order valence-electron chi connectivity index (χ3n) is 3.48. The van der Waals surface area contributed by atoms with Gasteiger partial charge in [0.25, 0.3) is 0 Å². The van der Waals surface area contributed by atoms with E-state index >= 15 is 0 Å². The Labute approximate surface area is 147 Å². The first kappa shape index (κ1) is 18.4. The monoisotopic (exact) mass is 346 g/mol. The number of hydrogen-bond donors (Lipinski definition) is 0. The van der Waals surface area contributed by atoms with Gasteiger partial charge in [-0.2, -0.15) is 0 Å². The lowest BCUT2D eigenvalue weighted by Gasteiger charge is -2.14. The van der Waals surface area contributed by atoms with Gasteiger partial charge in [-0.25, -0.2) is 4.79 Å². The maximum atomic E-state index is 12.4. The summed E-state index contributed by atoms with van der Waals surface area (Å²) in [5.74, 6) is 1.47. The molecule has 0 N–H and O–H groups in total. The summed E-state index contributed by atoms with van der Waals surface area (Å²) in [7, 11) is 4.49. The van der Waals surface area contributed by atoms with Crippen LogP contribution in [0.25, 0.3) is 0 Å². The minimum absolute atomic E-state index is 0.135. The van der Waals surface area contributed by atoms with Crippen LogP contribution < -0.4 is 18.9 Å². The highest BCUT2D eigenvalue weighted by Gasteiger charge is 2.18. The fraction of sp³-hybridized carbons (Fsp3) is 0.316. The van der Waals surface area contributed by atoms with Crippen LogP contribution in [-0.2, 0) is 11.3 Å². The number of rotatable bonds is 8. The van der Waals surface area contributed by atoms with Crippen molar-refractivity contribution in [3.05, 3.63) is 47.5 Å². The Kier molecular flexibility index (Phi) is 6.51. The van der Waals surface area contributed by atoms with Crippen LogP contribution in [0.1, 0.15) is 22.8 Å². The van der Waals surface area contributed by atoms with Gasteiger partial charge in [0, 0.05) is 0 Å². The van der Waals surface area contributed by atoms with Crippen LogP contribution in [0.4, 0.5) is 0 Å². The molecule has 0 spiro atoms. The fourth-order valence-corrected chi connectivity index (χ4v) is 2.32. The van der Waals surface area contributed by atoms with E-state index in [0.717, 1.165) is 11.3 Å². The number of methoxy groups -OCH3 is 3. The zero-order chi connectivity index (χ0) is 18.2. The maximum absolute atomic E-state index is 12.4. The van der Waals surface area contributed by atoms with Crippen LogP contribution in [-0.4, -0.2) is 33.9 Å². The van der Waals surface area contributed by atoms with Crippen LogP contribution in [0.5, 0.6) is 23.0 Å². The van der Waals surface area contributed by atoms with Gasteiger partial charge in [-0.1, -0.05) is 12.1 Å². The second kappa shape index (κ2) is 8.82. The zero-order valence-electron chi connectivity index (χ0n) is 14.8. The molecule has 0 saturated carbocycles. The van der Waals surface area contributed by atoms with Crippen molar-refractivity contribution in [2.75, 3.05) is 27.9 Å². The Balaban J connectivity index is 2.14. The standard InChI is InChI=1S/C19H22O6/c1-5-24-15-8-6-7-13(9-15)12-25-19(20)14-10-16(21-2)18(23-4)17(11-14)22-3/h6-11H,5,12H2,1-4H3. The van der Waals surface area contributed by atoms with Crippen molar-refractivity contribution in [2.45, 2.75) is 13.5 Å². The predicted octanol–water partition coefficient (Wildman–Crippen LogP) is 3.47. The minimum atomic E-state index is -0.485. The van der Waals surface area contributed by atoms with E-state index in [1.807, 2.05) is 31.2 Å². The molecule has 6 heteroatoms. The zero-order valence-corrected chi connectivity index (χ0v) is 14.8. The summed E-state index contributed by atoms with van der Waals surface area (Å²) < 4.78 is 26.5. The SMILES string of the molecule is CCOc1cccc(COC(=O)c2cc(OC)c(OC)c(OC)c2)c1. The van der Waals surface area contributed by atoms with Crippen molar-refractivity contribution in [3.8, 4) is 23.0 Å². The van der Waals surface area contributed by atoms with E-state index in [0.29, 0.717) is 29.4 Å². The number of esters is 1. The molecule has 2 aromatic rings. The Morgan fingerprint density at radius 3 is 2.20 bits per heavy atom. The summed E-state index contributed by atoms with van der Waals surface area (Å²) in [6.45, 7) is 2.63. The summed E-state index contributed by atoms with van der Waals surface area (Å²) in [6.07, 6.45) is 0. The van der Waals surface area contributed by atoms with Crippen LogP contribution in [0.2, 0.25) is 0 Å². The average molecular weight is 346 g/mol. The molecule has 0 atom stereocenters. The fourth-order valence-electron chi connectivity index (χ4n) is 2.32. The molecule has 0 aliphatic heterocycles. The van der Waals surface area contributed by atoms with Gasteiger partial charge in [-0.15, -0.1) is 0 Å². The molecule has 0 aliphatic rings. The molecule has 0 fully saturated rings. The first-order valence-corrected chi connectivity index (χ1v) is 7.81. The van der Waals surface area contributed by atoms with E-state index in [1.165, 1.54) is 21.3 Å². The highest BCUT2D eigenvalue weighted by Crippen LogP contribution is 2.38. The second-order valence-electron chi connectivity index (χ2n) is 5.07. The molecule has 6 nitrogen and oxygen atoms in total. The summed E-state index contributed by atoms with van der Waals surface area (Å²) in [4.78, 5) is 12.4. The molecule has 0 bridgehead atoms. The topological polar surface area (TPSA) is 63.2 Å². The van der Waals surface area contributed by atoms with Crippen LogP contribution in [0, 0.1) is 0 Å². The van der Waals surface area contributed by atoms with Gasteiger partial charge in [0.1, 0.15) is 12.4 Å². The van der Waals surface area contributed by atoms with Crippen LogP contribution in [0.15, 0.2) is 36.4 Å². The number of ether oxygens (including phenoxy) is 5. The Morgan fingerprint density at radius 1 is 0.960 bits per heavy atom. The first-order valence-electron chi connectivity index (χ1n) is 7.81. The van der Waals surface area contributed by atoms with E-state index in [1.54, 1.807) is 12.1 Å². The second-order valence-corrected chi connectivity index (χ2v) is 5.07. The highest BCUT2D eigenvalue weighted by atomic mass is 16.5. The van der Waals surface area contributed by atoms with Gasteiger partial charge >= 0.3 is 5.97 Å². The molecule has 0 aliphatic carbocycles. The number of hydrogen-bond acceptors (Lipinski definition) is 6. The molecular weight excluding hydrogens is 324 g/mol. The minimum Gasteiger partial charge on any atom is -0.494 e. The van der Waals surface area contributed by atoms with E-state index in [-0.39, 0.29) is 6.61 Å². The highest BCUT2D eigenvalue weighted by molar-refractivity contribution is 5.91. The normalized spacial score (nSPS) is 10.1. The van der Waals surface area contributed by atoms with Gasteiger partial charge in [0.15, 0.2) is 11.5 Å². The molecular formula is C19H22O6. The molecule has 2 rings (SSSR count). The van der Waals surface area contributed by atoms with Crippen molar-refractivity contribution in [1.82, 2.24) is 0 Å². The third-order valence-corrected chi connectivity index (χ3v) is 3.48. The molecule has 0 radical (unpaired) electrons. The predicted molar refractivity (Wildman–Crippen MR) is 92.8 cm³/mol. The van der Waals surface area contributed by atoms with E-state index in [2.05, 4.69) is 0 Å². The molecule has 0 unspecified atom stereocenters. The molecule has 0 aromatic heterocycles. The lowest BCUT2D eigenvalue weighted by atomic mass is 10.2. The Hall–Kier alpha value is -2.89. The van der Waals surface area contributed by atoms with Crippen molar-refractivity contribution in [2.24, 2.45) is 0 Å². The van der Waals surface area contributed by atoms with Crippen molar-refractivity contribution in [3.63, 3.8) is 0 Å². The maximum Gasteiger partial charge on any atom is 0.338 e. The molecule has 134 valence electrons. The van der Waals surface area contributed by atoms with Crippen LogP contribution in [0.3, 0.4) is 0 Å². The van der Waals surface area contributed by atoms with Crippen LogP contribution >= 0.6 is 0 Å². The number of carbonyl (C=O) groups excluding carboxylic acids is 1. The number of benzene rings is 2. The van der Waals surface area contributed by atoms with Gasteiger partial charge in [-0.3, -0.25) is 0 Å². The Morgan fingerprint density at radius 2 is 1.64 bits per heavy atom. The Bertz CT molecular complexity index is 701. The first-order chi connectivity index (χ1) is 12.1. The lowest BCUT2D eigenvalue weighted by molar-refractivity contribution is 0.0471. The van der Waals surface area contributed by atoms with E-state index in [9.17, 15) is 4.79 Å². The van der Waals surface area contributed by atoms with Gasteiger partial charge in [0.2, 0.25) is 5.75 Å². The molecule has 0 heterocycles. The summed E-state index contributed by atoms with van der Waals surface area (Å²) in [5.41, 5.74) is 1.15. The largest absolute Gasteiger partial charge is 0.494 e. The van der Waals surface area contributed by atoms with Gasteiger partial charge < -0.3 is 23.7 Å². The quantitative estimate of drug-likeness (QED) is 0.682. The average Bonchev–Trinajstić information content (AvgIpc) is 2.65. The van der Waals surface area contributed by atoms with Crippen molar-refractivity contribution >= 4 is 5.97 Å². The molecule has 0 saturated heterocycles. The van der Waals surface area contributed by atoms with Crippen molar-refractivity contribution < 1.29 is 28.5 Å². The van der Waals surface area contributed by atoms with E-state index < -0.39 is 5.97 Å². The summed E-state index contributed by atoms with van der Waals surface area (Å²) in [6, 6.07) is 10.5. The van der Waals surface area contributed by atoms with E-state index in [4.69, 9.17) is 23.7 Å². The smallest absolute Gasteiger partial charge is 0.338 e. The lowest BCUT2D eigenvalue weighted by Crippen LogP contribution is -2.07. The van der Waals surface area contributed by atoms with Gasteiger partial charge in [-0.05, 0) is 36.8 Å². The summed E-state index contributed by atoms with van der Waals surface area (Å²) >= 11 is 0. The third kappa shape index (κ3) is 4.56. The number of carbonyl (C=O) groups is 1. The van der Waals surface area contributed by atoms with Gasteiger partial charge in [0.05, 0.1) is 33.5 Å². The molecule has 0 amide bonds. The van der Waals surface area contributed by atoms with Crippen molar-refractivity contribution in [1.29, 1.82) is 0 Å². The molecule has 25 heavy (non-hydrogen) atoms. The summed E-state index contributed by atoms with van der Waals surface area (Å²) in [5, 5.41) is 0. The molecule has 2 aromatic carbocycles.